The van der Waals surface area contributed by atoms with E-state index >= 15 is 0 Å². The molecule has 1 N–H and O–H groups in total. The first kappa shape index (κ1) is 11.8. The number of piperazine rings is 1. The molecular formula is C11H19N3OS. The van der Waals surface area contributed by atoms with Gasteiger partial charge in [0.15, 0.2) is 5.13 Å². The first-order chi connectivity index (χ1) is 7.61. The van der Waals surface area contributed by atoms with Crippen LogP contribution in [0.25, 0.3) is 0 Å². The standard InChI is InChI=1S/C11H19N3OS/c1-8-5-14(6-9(2)13(8)3)11-12-4-10(7-15)16-11/h4,8-9,15H,5-7H2,1-3H3. The lowest BCUT2D eigenvalue weighted by molar-refractivity contribution is 0.170. The summed E-state index contributed by atoms with van der Waals surface area (Å²) in [6.07, 6.45) is 1.77. The van der Waals surface area contributed by atoms with Crippen LogP contribution < -0.4 is 4.90 Å². The number of likely N-dealkylation sites (N-methyl/N-ethyl adjacent to an activating group) is 1. The third-order valence-corrected chi connectivity index (χ3v) is 4.37. The van der Waals surface area contributed by atoms with Crippen molar-refractivity contribution in [1.29, 1.82) is 0 Å². The molecule has 0 saturated carbocycles. The molecule has 4 nitrogen and oxygen atoms in total. The summed E-state index contributed by atoms with van der Waals surface area (Å²) in [4.78, 5) is 10.0. The van der Waals surface area contributed by atoms with Crippen molar-refractivity contribution in [3.8, 4) is 0 Å². The summed E-state index contributed by atoms with van der Waals surface area (Å²) < 4.78 is 0. The van der Waals surface area contributed by atoms with Gasteiger partial charge in [0.25, 0.3) is 0 Å². The molecule has 0 spiro atoms. The zero-order valence-corrected chi connectivity index (χ0v) is 10.9. The second-order valence-corrected chi connectivity index (χ2v) is 5.63. The molecule has 1 saturated heterocycles. The van der Waals surface area contributed by atoms with E-state index in [1.165, 1.54) is 0 Å². The monoisotopic (exact) mass is 241 g/mol. The van der Waals surface area contributed by atoms with Crippen LogP contribution in [0, 0.1) is 0 Å². The molecule has 1 fully saturated rings. The molecule has 0 radical (unpaired) electrons. The van der Waals surface area contributed by atoms with E-state index in [2.05, 4.69) is 35.7 Å². The predicted octanol–water partition coefficient (Wildman–Crippen LogP) is 1.16. The number of anilines is 1. The minimum absolute atomic E-state index is 0.0938. The van der Waals surface area contributed by atoms with Crippen molar-refractivity contribution in [3.05, 3.63) is 11.1 Å². The van der Waals surface area contributed by atoms with Gasteiger partial charge in [0, 0.05) is 31.4 Å². The molecule has 0 bridgehead atoms. The fourth-order valence-corrected chi connectivity index (χ4v) is 2.87. The summed E-state index contributed by atoms with van der Waals surface area (Å²) in [5, 5.41) is 10.1. The summed E-state index contributed by atoms with van der Waals surface area (Å²) in [5.74, 6) is 0. The first-order valence-electron chi connectivity index (χ1n) is 5.64. The molecule has 2 rings (SSSR count). The van der Waals surface area contributed by atoms with Crippen molar-refractivity contribution in [2.45, 2.75) is 32.5 Å². The number of rotatable bonds is 2. The molecule has 0 aliphatic carbocycles. The van der Waals surface area contributed by atoms with Crippen LogP contribution >= 0.6 is 11.3 Å². The Bertz CT molecular complexity index is 343. The smallest absolute Gasteiger partial charge is 0.185 e. The summed E-state index contributed by atoms with van der Waals surface area (Å²) >= 11 is 1.59. The number of aromatic nitrogens is 1. The van der Waals surface area contributed by atoms with Crippen molar-refractivity contribution in [3.63, 3.8) is 0 Å². The SMILES string of the molecule is CC1CN(c2ncc(CO)s2)CC(C)N1C. The van der Waals surface area contributed by atoms with E-state index < -0.39 is 0 Å². The molecule has 90 valence electrons. The third kappa shape index (κ3) is 2.21. The van der Waals surface area contributed by atoms with Crippen LogP contribution in [0.1, 0.15) is 18.7 Å². The fraction of sp³-hybridized carbons (Fsp3) is 0.727. The van der Waals surface area contributed by atoms with Crippen LogP contribution in [0.4, 0.5) is 5.13 Å². The Balaban J connectivity index is 2.10. The van der Waals surface area contributed by atoms with Gasteiger partial charge in [-0.1, -0.05) is 11.3 Å². The van der Waals surface area contributed by atoms with Crippen LogP contribution in [-0.2, 0) is 6.61 Å². The van der Waals surface area contributed by atoms with E-state index in [0.29, 0.717) is 12.1 Å². The minimum Gasteiger partial charge on any atom is -0.391 e. The van der Waals surface area contributed by atoms with Crippen LogP contribution in [-0.4, -0.2) is 47.2 Å². The molecule has 1 aromatic heterocycles. The van der Waals surface area contributed by atoms with Gasteiger partial charge in [-0.3, -0.25) is 4.90 Å². The molecule has 5 heteroatoms. The molecule has 2 unspecified atom stereocenters. The largest absolute Gasteiger partial charge is 0.391 e. The molecule has 1 aliphatic rings. The Morgan fingerprint density at radius 3 is 2.56 bits per heavy atom. The molecule has 0 aromatic carbocycles. The van der Waals surface area contributed by atoms with Gasteiger partial charge in [-0.05, 0) is 20.9 Å². The van der Waals surface area contributed by atoms with Gasteiger partial charge in [0.05, 0.1) is 11.5 Å². The van der Waals surface area contributed by atoms with Crippen molar-refractivity contribution in [2.24, 2.45) is 0 Å². The fourth-order valence-electron chi connectivity index (χ4n) is 2.08. The third-order valence-electron chi connectivity index (χ3n) is 3.33. The molecule has 2 atom stereocenters. The van der Waals surface area contributed by atoms with Gasteiger partial charge in [-0.15, -0.1) is 0 Å². The lowest BCUT2D eigenvalue weighted by Gasteiger charge is -2.42. The maximum absolute atomic E-state index is 9.04. The van der Waals surface area contributed by atoms with Gasteiger partial charge in [-0.25, -0.2) is 4.98 Å². The lowest BCUT2D eigenvalue weighted by Crippen LogP contribution is -2.55. The van der Waals surface area contributed by atoms with Gasteiger partial charge in [0.1, 0.15) is 0 Å². The zero-order chi connectivity index (χ0) is 11.7. The predicted molar refractivity (Wildman–Crippen MR) is 66.9 cm³/mol. The molecule has 1 aromatic rings. The number of hydrogen-bond acceptors (Lipinski definition) is 5. The van der Waals surface area contributed by atoms with Gasteiger partial charge in [-0.2, -0.15) is 0 Å². The average Bonchev–Trinajstić information content (AvgIpc) is 2.73. The van der Waals surface area contributed by atoms with Gasteiger partial charge >= 0.3 is 0 Å². The van der Waals surface area contributed by atoms with Gasteiger partial charge in [0.2, 0.25) is 0 Å². The Kier molecular flexibility index (Phi) is 3.47. The van der Waals surface area contributed by atoms with Crippen LogP contribution in [0.5, 0.6) is 0 Å². The van der Waals surface area contributed by atoms with E-state index in [1.807, 2.05) is 0 Å². The highest BCUT2D eigenvalue weighted by Crippen LogP contribution is 2.26. The number of nitrogens with zero attached hydrogens (tertiary/aromatic N) is 3. The average molecular weight is 241 g/mol. The van der Waals surface area contributed by atoms with Crippen LogP contribution in [0.3, 0.4) is 0 Å². The Morgan fingerprint density at radius 2 is 2.06 bits per heavy atom. The summed E-state index contributed by atoms with van der Waals surface area (Å²) in [6.45, 7) is 6.60. The molecule has 2 heterocycles. The van der Waals surface area contributed by atoms with E-state index in [1.54, 1.807) is 17.5 Å². The normalized spacial score (nSPS) is 27.4. The topological polar surface area (TPSA) is 39.6 Å². The molecule has 0 amide bonds. The summed E-state index contributed by atoms with van der Waals surface area (Å²) in [5.41, 5.74) is 0. The Labute approximate surface area is 101 Å². The number of hydrogen-bond donors (Lipinski definition) is 1. The zero-order valence-electron chi connectivity index (χ0n) is 10.1. The minimum atomic E-state index is 0.0938. The molecular weight excluding hydrogens is 222 g/mol. The highest BCUT2D eigenvalue weighted by atomic mass is 32.1. The highest BCUT2D eigenvalue weighted by Gasteiger charge is 2.27. The quantitative estimate of drug-likeness (QED) is 0.843. The summed E-state index contributed by atoms with van der Waals surface area (Å²) in [6, 6.07) is 1.09. The first-order valence-corrected chi connectivity index (χ1v) is 6.46. The second kappa shape index (κ2) is 4.69. The maximum Gasteiger partial charge on any atom is 0.185 e. The van der Waals surface area contributed by atoms with Crippen molar-refractivity contribution in [2.75, 3.05) is 25.0 Å². The van der Waals surface area contributed by atoms with Crippen LogP contribution in [0.2, 0.25) is 0 Å². The van der Waals surface area contributed by atoms with Crippen molar-refractivity contribution < 1.29 is 5.11 Å². The second-order valence-electron chi connectivity index (χ2n) is 4.54. The molecule has 1 aliphatic heterocycles. The maximum atomic E-state index is 9.04. The van der Waals surface area contributed by atoms with Crippen LogP contribution in [0.15, 0.2) is 6.20 Å². The Hall–Kier alpha value is -0.650. The Morgan fingerprint density at radius 1 is 1.44 bits per heavy atom. The summed E-state index contributed by atoms with van der Waals surface area (Å²) in [7, 11) is 2.17. The van der Waals surface area contributed by atoms with Crippen molar-refractivity contribution in [1.82, 2.24) is 9.88 Å². The van der Waals surface area contributed by atoms with E-state index in [9.17, 15) is 0 Å². The lowest BCUT2D eigenvalue weighted by atomic mass is 10.1. The highest BCUT2D eigenvalue weighted by molar-refractivity contribution is 7.15. The number of thiazole rings is 1. The van der Waals surface area contributed by atoms with Gasteiger partial charge < -0.3 is 10.0 Å². The number of aliphatic hydroxyl groups excluding tert-OH is 1. The van der Waals surface area contributed by atoms with E-state index in [0.717, 1.165) is 23.1 Å². The van der Waals surface area contributed by atoms with E-state index in [4.69, 9.17) is 5.11 Å². The molecule has 16 heavy (non-hydrogen) atoms. The van der Waals surface area contributed by atoms with E-state index in [-0.39, 0.29) is 6.61 Å². The number of aliphatic hydroxyl groups is 1. The van der Waals surface area contributed by atoms with Crippen molar-refractivity contribution >= 4 is 16.5 Å².